The second kappa shape index (κ2) is 6.34. The molecule has 6 heteroatoms. The van der Waals surface area contributed by atoms with Gasteiger partial charge in [-0.3, -0.25) is 9.59 Å². The Balaban J connectivity index is 1.76. The lowest BCUT2D eigenvalue weighted by atomic mass is 9.93. The fourth-order valence-electron chi connectivity index (χ4n) is 3.69. The summed E-state index contributed by atoms with van der Waals surface area (Å²) in [5.74, 6) is 1.43. The van der Waals surface area contributed by atoms with Crippen LogP contribution in [0.5, 0.6) is 0 Å². The lowest BCUT2D eigenvalue weighted by molar-refractivity contribution is -0.147. The molecule has 1 saturated heterocycles. The maximum Gasteiger partial charge on any atom is 0.242 e. The van der Waals surface area contributed by atoms with E-state index >= 15 is 0 Å². The zero-order valence-electron chi connectivity index (χ0n) is 14.2. The van der Waals surface area contributed by atoms with Crippen molar-refractivity contribution in [2.24, 2.45) is 11.8 Å². The predicted molar refractivity (Wildman–Crippen MR) is 86.7 cm³/mol. The first-order valence-electron chi connectivity index (χ1n) is 8.56. The lowest BCUT2D eigenvalue weighted by Crippen LogP contribution is -2.59. The van der Waals surface area contributed by atoms with E-state index in [0.717, 1.165) is 25.1 Å². The molecule has 23 heavy (non-hydrogen) atoms. The number of imidazole rings is 1. The van der Waals surface area contributed by atoms with Crippen LogP contribution in [-0.2, 0) is 22.6 Å². The van der Waals surface area contributed by atoms with Gasteiger partial charge in [-0.25, -0.2) is 4.98 Å². The Morgan fingerprint density at radius 2 is 2.26 bits per heavy atom. The normalized spacial score (nSPS) is 24.5. The molecule has 0 unspecified atom stereocenters. The highest BCUT2D eigenvalue weighted by molar-refractivity contribution is 5.89. The van der Waals surface area contributed by atoms with Gasteiger partial charge in [0.05, 0.1) is 5.92 Å². The number of hydrogen-bond acceptors (Lipinski definition) is 3. The minimum atomic E-state index is -0.318. The van der Waals surface area contributed by atoms with Crippen molar-refractivity contribution in [1.82, 2.24) is 19.8 Å². The molecule has 0 aromatic carbocycles. The third-order valence-electron chi connectivity index (χ3n) is 4.95. The molecule has 2 aliphatic rings. The SMILES string of the molecule is Cc1ncc2n1C[C@H](C(=O)N1CCNC(=O)[C@H]1CC(C)C)CC2. The van der Waals surface area contributed by atoms with Crippen LogP contribution in [-0.4, -0.2) is 45.4 Å². The number of nitrogens with zero attached hydrogens (tertiary/aromatic N) is 3. The first-order valence-corrected chi connectivity index (χ1v) is 8.56. The van der Waals surface area contributed by atoms with Gasteiger partial charge in [0.25, 0.3) is 0 Å². The number of rotatable bonds is 3. The topological polar surface area (TPSA) is 67.2 Å². The highest BCUT2D eigenvalue weighted by atomic mass is 16.2. The summed E-state index contributed by atoms with van der Waals surface area (Å²) in [4.78, 5) is 31.4. The van der Waals surface area contributed by atoms with E-state index in [4.69, 9.17) is 0 Å². The van der Waals surface area contributed by atoms with Gasteiger partial charge < -0.3 is 14.8 Å². The molecule has 1 aromatic rings. The minimum Gasteiger partial charge on any atom is -0.353 e. The van der Waals surface area contributed by atoms with Crippen molar-refractivity contribution >= 4 is 11.8 Å². The Kier molecular flexibility index (Phi) is 4.41. The van der Waals surface area contributed by atoms with Crippen molar-refractivity contribution in [1.29, 1.82) is 0 Å². The van der Waals surface area contributed by atoms with E-state index < -0.39 is 0 Å². The molecule has 0 radical (unpaired) electrons. The van der Waals surface area contributed by atoms with Crippen LogP contribution in [0, 0.1) is 18.8 Å². The van der Waals surface area contributed by atoms with Crippen LogP contribution in [0.25, 0.3) is 0 Å². The van der Waals surface area contributed by atoms with Gasteiger partial charge in [0.1, 0.15) is 11.9 Å². The van der Waals surface area contributed by atoms with Crippen molar-refractivity contribution in [3.05, 3.63) is 17.7 Å². The van der Waals surface area contributed by atoms with Gasteiger partial charge in [-0.15, -0.1) is 0 Å². The molecular formula is C17H26N4O2. The standard InChI is InChI=1S/C17H26N4O2/c1-11(2)8-15-16(22)18-6-7-20(15)17(23)13-4-5-14-9-19-12(3)21(14)10-13/h9,11,13,15H,4-8,10H2,1-3H3,(H,18,22)/t13-,15-/m1/s1. The quantitative estimate of drug-likeness (QED) is 0.908. The van der Waals surface area contributed by atoms with Crippen LogP contribution in [0.4, 0.5) is 0 Å². The molecule has 2 amide bonds. The molecule has 0 spiro atoms. The number of fused-ring (bicyclic) bond motifs is 1. The average molecular weight is 318 g/mol. The molecule has 3 rings (SSSR count). The summed E-state index contributed by atoms with van der Waals surface area (Å²) < 4.78 is 2.15. The number of carbonyl (C=O) groups excluding carboxylic acids is 2. The van der Waals surface area contributed by atoms with Crippen molar-refractivity contribution in [2.45, 2.75) is 52.6 Å². The molecule has 3 heterocycles. The van der Waals surface area contributed by atoms with Crippen LogP contribution in [0.3, 0.4) is 0 Å². The van der Waals surface area contributed by atoms with Crippen molar-refractivity contribution in [2.75, 3.05) is 13.1 Å². The van der Waals surface area contributed by atoms with Gasteiger partial charge in [-0.05, 0) is 32.1 Å². The maximum absolute atomic E-state index is 13.0. The lowest BCUT2D eigenvalue weighted by Gasteiger charge is -2.39. The van der Waals surface area contributed by atoms with E-state index in [0.29, 0.717) is 25.6 Å². The van der Waals surface area contributed by atoms with E-state index in [2.05, 4.69) is 28.7 Å². The fraction of sp³-hybridized carbons (Fsp3) is 0.706. The highest BCUT2D eigenvalue weighted by Crippen LogP contribution is 2.25. The summed E-state index contributed by atoms with van der Waals surface area (Å²) in [5.41, 5.74) is 1.21. The van der Waals surface area contributed by atoms with Crippen LogP contribution in [0.1, 0.15) is 38.2 Å². The van der Waals surface area contributed by atoms with E-state index in [-0.39, 0.29) is 23.8 Å². The summed E-state index contributed by atoms with van der Waals surface area (Å²) in [6, 6.07) is -0.318. The number of aryl methyl sites for hydroxylation is 2. The minimum absolute atomic E-state index is 0.00592. The zero-order valence-corrected chi connectivity index (χ0v) is 14.2. The van der Waals surface area contributed by atoms with Crippen LogP contribution in [0.15, 0.2) is 6.20 Å². The summed E-state index contributed by atoms with van der Waals surface area (Å²) in [7, 11) is 0. The first kappa shape index (κ1) is 16.0. The number of hydrogen-bond donors (Lipinski definition) is 1. The second-order valence-electron chi connectivity index (χ2n) is 7.11. The van der Waals surface area contributed by atoms with Gasteiger partial charge >= 0.3 is 0 Å². The molecule has 0 bridgehead atoms. The predicted octanol–water partition coefficient (Wildman–Crippen LogP) is 1.13. The highest BCUT2D eigenvalue weighted by Gasteiger charge is 2.37. The molecule has 0 saturated carbocycles. The van der Waals surface area contributed by atoms with Gasteiger partial charge in [-0.1, -0.05) is 13.8 Å². The second-order valence-corrected chi connectivity index (χ2v) is 7.11. The summed E-state index contributed by atoms with van der Waals surface area (Å²) >= 11 is 0. The smallest absolute Gasteiger partial charge is 0.242 e. The van der Waals surface area contributed by atoms with Crippen LogP contribution < -0.4 is 5.32 Å². The van der Waals surface area contributed by atoms with E-state index in [1.807, 2.05) is 18.0 Å². The van der Waals surface area contributed by atoms with Gasteiger partial charge in [0, 0.05) is 31.5 Å². The summed E-state index contributed by atoms with van der Waals surface area (Å²) in [5, 5.41) is 2.90. The van der Waals surface area contributed by atoms with Gasteiger partial charge in [-0.2, -0.15) is 0 Å². The molecule has 2 aliphatic heterocycles. The molecule has 0 aliphatic carbocycles. The van der Waals surface area contributed by atoms with Gasteiger partial charge in [0.15, 0.2) is 0 Å². The molecule has 1 fully saturated rings. The molecular weight excluding hydrogens is 292 g/mol. The monoisotopic (exact) mass is 318 g/mol. The third kappa shape index (κ3) is 3.12. The van der Waals surface area contributed by atoms with E-state index in [1.54, 1.807) is 0 Å². The van der Waals surface area contributed by atoms with Crippen LogP contribution in [0.2, 0.25) is 0 Å². The Morgan fingerprint density at radius 1 is 1.48 bits per heavy atom. The molecule has 1 N–H and O–H groups in total. The fourth-order valence-corrected chi connectivity index (χ4v) is 3.69. The molecule has 126 valence electrons. The van der Waals surface area contributed by atoms with E-state index in [1.165, 1.54) is 5.69 Å². The van der Waals surface area contributed by atoms with Crippen molar-refractivity contribution in [3.63, 3.8) is 0 Å². The van der Waals surface area contributed by atoms with E-state index in [9.17, 15) is 9.59 Å². The largest absolute Gasteiger partial charge is 0.353 e. The number of carbonyl (C=O) groups is 2. The average Bonchev–Trinajstić information content (AvgIpc) is 2.89. The third-order valence-corrected chi connectivity index (χ3v) is 4.95. The number of aromatic nitrogens is 2. The summed E-state index contributed by atoms with van der Waals surface area (Å²) in [6.45, 7) is 8.02. The Hall–Kier alpha value is -1.85. The molecule has 6 nitrogen and oxygen atoms in total. The number of amides is 2. The van der Waals surface area contributed by atoms with Crippen LogP contribution >= 0.6 is 0 Å². The Labute approximate surface area is 137 Å². The van der Waals surface area contributed by atoms with Gasteiger partial charge in [0.2, 0.25) is 11.8 Å². The molecule has 1 aromatic heterocycles. The number of piperazine rings is 1. The van der Waals surface area contributed by atoms with Crippen molar-refractivity contribution in [3.8, 4) is 0 Å². The zero-order chi connectivity index (χ0) is 16.6. The molecule has 2 atom stereocenters. The number of nitrogens with one attached hydrogen (secondary N) is 1. The first-order chi connectivity index (χ1) is 11.0. The van der Waals surface area contributed by atoms with Crippen molar-refractivity contribution < 1.29 is 9.59 Å². The summed E-state index contributed by atoms with van der Waals surface area (Å²) in [6.07, 6.45) is 4.36. The Bertz CT molecular complexity index is 608. The Morgan fingerprint density at radius 3 is 3.00 bits per heavy atom. The maximum atomic E-state index is 13.0.